The van der Waals surface area contributed by atoms with Crippen molar-refractivity contribution in [2.45, 2.75) is 5.41 Å². The smallest absolute Gasteiger partial charge is 0.116 e. The van der Waals surface area contributed by atoms with Crippen molar-refractivity contribution in [1.82, 2.24) is 0 Å². The molecule has 0 aliphatic heterocycles. The van der Waals surface area contributed by atoms with Crippen molar-refractivity contribution < 1.29 is 10.2 Å². The first-order chi connectivity index (χ1) is 31.0. The Balaban J connectivity index is 1.26. The van der Waals surface area contributed by atoms with Crippen LogP contribution in [0.25, 0.3) is 98.0 Å². The molecule has 63 heavy (non-hydrogen) atoms. The summed E-state index contributed by atoms with van der Waals surface area (Å²) in [6.07, 6.45) is 0. The van der Waals surface area contributed by atoms with Gasteiger partial charge in [0, 0.05) is 0 Å². The number of aromatic hydroxyl groups is 2. The first-order valence-corrected chi connectivity index (χ1v) is 21.6. The summed E-state index contributed by atoms with van der Waals surface area (Å²) in [6, 6.07) is 77.7. The van der Waals surface area contributed by atoms with Gasteiger partial charge in [-0.15, -0.1) is 0 Å². The highest BCUT2D eigenvalue weighted by molar-refractivity contribution is 6.14. The van der Waals surface area contributed by atoms with Gasteiger partial charge in [0.05, 0.1) is 5.41 Å². The molecule has 1 aliphatic carbocycles. The third-order valence-corrected chi connectivity index (χ3v) is 13.8. The van der Waals surface area contributed by atoms with Crippen LogP contribution >= 0.6 is 0 Å². The third-order valence-electron chi connectivity index (χ3n) is 13.8. The quantitative estimate of drug-likeness (QED) is 0.174. The van der Waals surface area contributed by atoms with Crippen molar-refractivity contribution in [2.75, 3.05) is 0 Å². The summed E-state index contributed by atoms with van der Waals surface area (Å²) in [5.41, 5.74) is 9.85. The van der Waals surface area contributed by atoms with Gasteiger partial charge in [-0.1, -0.05) is 182 Å². The van der Waals surface area contributed by atoms with Gasteiger partial charge < -0.3 is 10.2 Å². The van der Waals surface area contributed by atoms with Crippen LogP contribution in [-0.2, 0) is 5.41 Å². The molecule has 0 amide bonds. The summed E-state index contributed by atoms with van der Waals surface area (Å²) >= 11 is 0. The Kier molecular flexibility index (Phi) is 7.56. The van der Waals surface area contributed by atoms with Gasteiger partial charge in [-0.3, -0.25) is 0 Å². The molecule has 2 N–H and O–H groups in total. The zero-order valence-electron chi connectivity index (χ0n) is 34.2. The minimum atomic E-state index is -1.02. The molecule has 0 fully saturated rings. The predicted octanol–water partition coefficient (Wildman–Crippen LogP) is 15.7. The second-order valence-electron chi connectivity index (χ2n) is 17.1. The van der Waals surface area contributed by atoms with E-state index in [-0.39, 0.29) is 11.5 Å². The number of rotatable bonds is 4. The van der Waals surface area contributed by atoms with Gasteiger partial charge in [0.25, 0.3) is 0 Å². The monoisotopic (exact) mass is 802 g/mol. The van der Waals surface area contributed by atoms with Crippen molar-refractivity contribution in [2.24, 2.45) is 0 Å². The topological polar surface area (TPSA) is 40.5 Å². The van der Waals surface area contributed by atoms with Gasteiger partial charge >= 0.3 is 0 Å². The van der Waals surface area contributed by atoms with Gasteiger partial charge in [0.15, 0.2) is 0 Å². The molecule has 0 unspecified atom stereocenters. The van der Waals surface area contributed by atoms with Gasteiger partial charge in [-0.05, 0) is 157 Å². The first kappa shape index (κ1) is 35.5. The summed E-state index contributed by atoms with van der Waals surface area (Å²) in [4.78, 5) is 0. The molecule has 12 aromatic rings. The first-order valence-electron chi connectivity index (χ1n) is 21.6. The van der Waals surface area contributed by atoms with Crippen LogP contribution in [0.5, 0.6) is 11.5 Å². The lowest BCUT2D eigenvalue weighted by Gasteiger charge is -2.36. The van der Waals surface area contributed by atoms with Crippen molar-refractivity contribution >= 4 is 64.6 Å². The maximum Gasteiger partial charge on any atom is 0.116 e. The van der Waals surface area contributed by atoms with Crippen LogP contribution in [0.15, 0.2) is 218 Å². The van der Waals surface area contributed by atoms with E-state index in [0.717, 1.165) is 98.7 Å². The largest absolute Gasteiger partial charge is 0.508 e. The highest BCUT2D eigenvalue weighted by Gasteiger charge is 2.50. The van der Waals surface area contributed by atoms with Gasteiger partial charge in [-0.25, -0.2) is 0 Å². The lowest BCUT2D eigenvalue weighted by molar-refractivity contribution is 0.474. The van der Waals surface area contributed by atoms with Crippen molar-refractivity contribution in [3.8, 4) is 44.9 Å². The minimum absolute atomic E-state index is 0.189. The molecule has 0 spiro atoms. The van der Waals surface area contributed by atoms with E-state index in [0.29, 0.717) is 0 Å². The van der Waals surface area contributed by atoms with E-state index in [1.807, 2.05) is 24.3 Å². The standard InChI is InChI=1S/C61H38O2/c62-45-33-53-47-17-7-5-13-39(47)27-29-51(53)57(35-45)61(58-36-46(63)34-54-48-18-8-6-14-40(48)28-30-52(54)58)55-21-9-19-49(43-25-23-37-11-1-3-15-41(37)31-43)59(55)60-50(20-10-22-56(60)61)44-26-24-38-12-2-4-16-42(38)32-44/h1-36,62-63H. The third kappa shape index (κ3) is 5.13. The van der Waals surface area contributed by atoms with E-state index in [1.54, 1.807) is 0 Å². The summed E-state index contributed by atoms with van der Waals surface area (Å²) in [6.45, 7) is 0. The molecule has 12 aromatic carbocycles. The van der Waals surface area contributed by atoms with Gasteiger partial charge in [0.1, 0.15) is 11.5 Å². The predicted molar refractivity (Wildman–Crippen MR) is 263 cm³/mol. The summed E-state index contributed by atoms with van der Waals surface area (Å²) < 4.78 is 0. The van der Waals surface area contributed by atoms with E-state index in [1.165, 1.54) is 21.5 Å². The number of phenolic OH excluding ortho intramolecular Hbond substituents is 2. The van der Waals surface area contributed by atoms with Crippen molar-refractivity contribution in [3.05, 3.63) is 241 Å². The molecule has 294 valence electrons. The molecule has 2 heteroatoms. The average molecular weight is 803 g/mol. The fourth-order valence-corrected chi connectivity index (χ4v) is 11.2. The van der Waals surface area contributed by atoms with E-state index in [4.69, 9.17) is 0 Å². The molecule has 0 atom stereocenters. The van der Waals surface area contributed by atoms with Crippen LogP contribution in [-0.4, -0.2) is 10.2 Å². The normalized spacial score (nSPS) is 13.0. The lowest BCUT2D eigenvalue weighted by Crippen LogP contribution is -2.29. The zero-order chi connectivity index (χ0) is 41.8. The summed E-state index contributed by atoms with van der Waals surface area (Å²) in [5.74, 6) is 0.379. The van der Waals surface area contributed by atoms with Crippen LogP contribution in [0, 0.1) is 0 Å². The maximum atomic E-state index is 12.1. The maximum absolute atomic E-state index is 12.1. The van der Waals surface area contributed by atoms with Gasteiger partial charge in [0.2, 0.25) is 0 Å². The van der Waals surface area contributed by atoms with Crippen LogP contribution in [0.1, 0.15) is 22.3 Å². The van der Waals surface area contributed by atoms with Crippen molar-refractivity contribution in [1.29, 1.82) is 0 Å². The lowest BCUT2D eigenvalue weighted by atomic mass is 9.65. The fraction of sp³-hybridized carbons (Fsp3) is 0.0164. The molecule has 13 rings (SSSR count). The summed E-state index contributed by atoms with van der Waals surface area (Å²) in [5, 5.41) is 37.3. The minimum Gasteiger partial charge on any atom is -0.508 e. The van der Waals surface area contributed by atoms with Gasteiger partial charge in [-0.2, -0.15) is 0 Å². The van der Waals surface area contributed by atoms with Crippen LogP contribution in [0.2, 0.25) is 0 Å². The molecular formula is C61H38O2. The highest BCUT2D eigenvalue weighted by Crippen LogP contribution is 2.63. The fourth-order valence-electron chi connectivity index (χ4n) is 11.2. The molecular weight excluding hydrogens is 765 g/mol. The molecule has 0 bridgehead atoms. The Hall–Kier alpha value is -8.20. The van der Waals surface area contributed by atoms with Crippen molar-refractivity contribution in [3.63, 3.8) is 0 Å². The molecule has 0 aromatic heterocycles. The Morgan fingerprint density at radius 3 is 1.11 bits per heavy atom. The highest BCUT2D eigenvalue weighted by atomic mass is 16.3. The van der Waals surface area contributed by atoms with E-state index in [9.17, 15) is 10.2 Å². The molecule has 0 saturated heterocycles. The Bertz CT molecular complexity index is 3640. The number of benzene rings is 12. The van der Waals surface area contributed by atoms with Crippen LogP contribution < -0.4 is 0 Å². The second kappa shape index (κ2) is 13.4. The van der Waals surface area contributed by atoms with E-state index < -0.39 is 5.41 Å². The molecule has 0 saturated carbocycles. The zero-order valence-corrected chi connectivity index (χ0v) is 34.2. The Morgan fingerprint density at radius 2 is 0.651 bits per heavy atom. The molecule has 0 radical (unpaired) electrons. The number of hydrogen-bond acceptors (Lipinski definition) is 2. The Morgan fingerprint density at radius 1 is 0.254 bits per heavy atom. The van der Waals surface area contributed by atoms with E-state index in [2.05, 4.69) is 194 Å². The SMILES string of the molecule is Oc1cc(C2(c3cc(O)cc4c3ccc3ccccc34)c3cccc(-c4ccc5ccccc5c4)c3-c3c(-c4ccc5ccccc5c4)cccc32)c2ccc3ccccc3c2c1. The van der Waals surface area contributed by atoms with E-state index >= 15 is 0 Å². The van der Waals surface area contributed by atoms with Crippen LogP contribution in [0.3, 0.4) is 0 Å². The molecule has 2 nitrogen and oxygen atoms in total. The average Bonchev–Trinajstić information content (AvgIpc) is 3.64. The number of hydrogen-bond donors (Lipinski definition) is 2. The second-order valence-corrected chi connectivity index (χ2v) is 17.1. The molecule has 1 aliphatic rings. The number of fused-ring (bicyclic) bond motifs is 11. The van der Waals surface area contributed by atoms with Crippen LogP contribution in [0.4, 0.5) is 0 Å². The summed E-state index contributed by atoms with van der Waals surface area (Å²) in [7, 11) is 0. The number of phenols is 2. The molecule has 0 heterocycles. The Labute approximate surface area is 364 Å².